The van der Waals surface area contributed by atoms with Crippen LogP contribution in [0.5, 0.6) is 0 Å². The molecule has 1 atom stereocenters. The molecule has 2 nitrogen and oxygen atoms in total. The van der Waals surface area contributed by atoms with Gasteiger partial charge in [-0.25, -0.2) is 0 Å². The van der Waals surface area contributed by atoms with Gasteiger partial charge in [-0.05, 0) is 22.4 Å². The maximum Gasteiger partial charge on any atom is 0.391 e. The quantitative estimate of drug-likeness (QED) is 0.857. The van der Waals surface area contributed by atoms with E-state index in [0.29, 0.717) is 0 Å². The molecule has 2 N–H and O–H groups in total. The summed E-state index contributed by atoms with van der Waals surface area (Å²) in [5.74, 6) is 0. The fourth-order valence-corrected chi connectivity index (χ4v) is 1.78. The van der Waals surface area contributed by atoms with Crippen molar-refractivity contribution in [3.8, 4) is 0 Å². The highest BCUT2D eigenvalue weighted by Gasteiger charge is 2.27. The minimum Gasteiger partial charge on any atom is -0.372 e. The lowest BCUT2D eigenvalue weighted by molar-refractivity contribution is -0.149. The average Bonchev–Trinajstić information content (AvgIpc) is 2.63. The van der Waals surface area contributed by atoms with Crippen LogP contribution in [0.2, 0.25) is 0 Å². The van der Waals surface area contributed by atoms with Crippen molar-refractivity contribution in [1.29, 1.82) is 0 Å². The molecule has 15 heavy (non-hydrogen) atoms. The first-order valence-electron chi connectivity index (χ1n) is 4.43. The Kier molecular flexibility index (Phi) is 4.56. The molecule has 0 saturated carbocycles. The normalized spacial score (nSPS) is 14.1. The zero-order valence-electron chi connectivity index (χ0n) is 7.96. The van der Waals surface area contributed by atoms with E-state index in [0.717, 1.165) is 5.56 Å². The van der Waals surface area contributed by atoms with Gasteiger partial charge in [0.05, 0.1) is 19.1 Å². The standard InChI is InChI=1S/C9H12F3NOS/c10-9(11,12)2-3-14-8(5-13)7-1-4-15-6-7/h1,4,6,8H,2-3,5,13H2. The molecule has 1 unspecified atom stereocenters. The first kappa shape index (κ1) is 12.5. The van der Waals surface area contributed by atoms with Crippen molar-refractivity contribution in [2.75, 3.05) is 13.2 Å². The van der Waals surface area contributed by atoms with E-state index in [2.05, 4.69) is 0 Å². The monoisotopic (exact) mass is 239 g/mol. The van der Waals surface area contributed by atoms with Gasteiger partial charge in [-0.3, -0.25) is 0 Å². The summed E-state index contributed by atoms with van der Waals surface area (Å²) in [7, 11) is 0. The maximum absolute atomic E-state index is 11.8. The lowest BCUT2D eigenvalue weighted by atomic mass is 10.2. The van der Waals surface area contributed by atoms with Crippen LogP contribution in [-0.4, -0.2) is 19.3 Å². The van der Waals surface area contributed by atoms with E-state index in [1.165, 1.54) is 11.3 Å². The van der Waals surface area contributed by atoms with Crippen molar-refractivity contribution in [3.05, 3.63) is 22.4 Å². The first-order valence-corrected chi connectivity index (χ1v) is 5.37. The Morgan fingerprint density at radius 2 is 2.20 bits per heavy atom. The second kappa shape index (κ2) is 5.48. The van der Waals surface area contributed by atoms with Crippen molar-refractivity contribution in [1.82, 2.24) is 0 Å². The molecule has 0 aliphatic heterocycles. The van der Waals surface area contributed by atoms with Crippen LogP contribution in [0.4, 0.5) is 13.2 Å². The summed E-state index contributed by atoms with van der Waals surface area (Å²) in [6, 6.07) is 1.80. The summed E-state index contributed by atoms with van der Waals surface area (Å²) in [6.07, 6.45) is -5.54. The van der Waals surface area contributed by atoms with Crippen LogP contribution in [0.15, 0.2) is 16.8 Å². The van der Waals surface area contributed by atoms with E-state index in [4.69, 9.17) is 10.5 Å². The predicted molar refractivity (Wildman–Crippen MR) is 52.7 cm³/mol. The molecule has 0 fully saturated rings. The second-order valence-electron chi connectivity index (χ2n) is 3.02. The third-order valence-corrected chi connectivity index (χ3v) is 2.54. The maximum atomic E-state index is 11.8. The molecule has 0 aromatic carbocycles. The third kappa shape index (κ3) is 4.63. The number of hydrogen-bond donors (Lipinski definition) is 1. The Morgan fingerprint density at radius 3 is 2.67 bits per heavy atom. The fraction of sp³-hybridized carbons (Fsp3) is 0.556. The summed E-state index contributed by atoms with van der Waals surface area (Å²) in [5, 5.41) is 3.66. The van der Waals surface area contributed by atoms with Crippen molar-refractivity contribution < 1.29 is 17.9 Å². The Labute approximate surface area is 89.8 Å². The number of hydrogen-bond acceptors (Lipinski definition) is 3. The highest BCUT2D eigenvalue weighted by molar-refractivity contribution is 7.07. The topological polar surface area (TPSA) is 35.2 Å². The summed E-state index contributed by atoms with van der Waals surface area (Å²) >= 11 is 1.46. The van der Waals surface area contributed by atoms with Crippen molar-refractivity contribution in [3.63, 3.8) is 0 Å². The zero-order chi connectivity index (χ0) is 11.3. The molecule has 0 bridgehead atoms. The first-order chi connectivity index (χ1) is 7.03. The van der Waals surface area contributed by atoms with Crippen LogP contribution < -0.4 is 5.73 Å². The Morgan fingerprint density at radius 1 is 1.47 bits per heavy atom. The SMILES string of the molecule is NCC(OCCC(F)(F)F)c1ccsc1. The smallest absolute Gasteiger partial charge is 0.372 e. The molecule has 1 aromatic heterocycles. The number of ether oxygens (including phenoxy) is 1. The number of halogens is 3. The van der Waals surface area contributed by atoms with Crippen molar-refractivity contribution >= 4 is 11.3 Å². The van der Waals surface area contributed by atoms with Gasteiger partial charge < -0.3 is 10.5 Å². The molecular formula is C9H12F3NOS. The number of nitrogens with two attached hydrogens (primary N) is 1. The molecule has 0 aliphatic rings. The van der Waals surface area contributed by atoms with Crippen LogP contribution in [0.1, 0.15) is 18.1 Å². The fourth-order valence-electron chi connectivity index (χ4n) is 1.08. The van der Waals surface area contributed by atoms with Crippen LogP contribution in [-0.2, 0) is 4.74 Å². The summed E-state index contributed by atoms with van der Waals surface area (Å²) in [6.45, 7) is -0.157. The molecule has 0 amide bonds. The molecule has 0 radical (unpaired) electrons. The van der Waals surface area contributed by atoms with Gasteiger partial charge in [0.25, 0.3) is 0 Å². The van der Waals surface area contributed by atoms with Gasteiger partial charge in [0.15, 0.2) is 0 Å². The average molecular weight is 239 g/mol. The summed E-state index contributed by atoms with van der Waals surface area (Å²) in [5.41, 5.74) is 6.25. The number of thiophene rings is 1. The molecule has 1 heterocycles. The largest absolute Gasteiger partial charge is 0.391 e. The van der Waals surface area contributed by atoms with Crippen molar-refractivity contribution in [2.45, 2.75) is 18.7 Å². The van der Waals surface area contributed by atoms with E-state index in [1.54, 1.807) is 6.07 Å². The minimum atomic E-state index is -4.17. The molecule has 0 spiro atoms. The van der Waals surface area contributed by atoms with Gasteiger partial charge in [-0.2, -0.15) is 24.5 Å². The molecule has 1 rings (SSSR count). The van der Waals surface area contributed by atoms with Crippen LogP contribution in [0.3, 0.4) is 0 Å². The zero-order valence-corrected chi connectivity index (χ0v) is 8.77. The van der Waals surface area contributed by atoms with E-state index in [1.807, 2.05) is 10.8 Å². The van der Waals surface area contributed by atoms with Crippen LogP contribution in [0.25, 0.3) is 0 Å². The summed E-state index contributed by atoms with van der Waals surface area (Å²) in [4.78, 5) is 0. The van der Waals surface area contributed by atoms with E-state index in [9.17, 15) is 13.2 Å². The molecule has 86 valence electrons. The number of rotatable bonds is 5. The Hall–Kier alpha value is -0.590. The van der Waals surface area contributed by atoms with E-state index >= 15 is 0 Å². The number of alkyl halides is 3. The highest BCUT2D eigenvalue weighted by Crippen LogP contribution is 2.23. The molecule has 0 saturated heterocycles. The van der Waals surface area contributed by atoms with Gasteiger partial charge in [-0.1, -0.05) is 0 Å². The second-order valence-corrected chi connectivity index (χ2v) is 3.80. The molecule has 0 aliphatic carbocycles. The Balaban J connectivity index is 2.36. The predicted octanol–water partition coefficient (Wildman–Crippen LogP) is 2.72. The minimum absolute atomic E-state index is 0.189. The van der Waals surface area contributed by atoms with Gasteiger partial charge in [0.2, 0.25) is 0 Å². The lowest BCUT2D eigenvalue weighted by Crippen LogP contribution is -2.19. The highest BCUT2D eigenvalue weighted by atomic mass is 32.1. The van der Waals surface area contributed by atoms with E-state index in [-0.39, 0.29) is 13.2 Å². The van der Waals surface area contributed by atoms with Crippen LogP contribution in [0, 0.1) is 0 Å². The van der Waals surface area contributed by atoms with Crippen molar-refractivity contribution in [2.24, 2.45) is 5.73 Å². The van der Waals surface area contributed by atoms with Gasteiger partial charge in [0, 0.05) is 6.54 Å². The van der Waals surface area contributed by atoms with Gasteiger partial charge >= 0.3 is 6.18 Å². The third-order valence-electron chi connectivity index (χ3n) is 1.83. The van der Waals surface area contributed by atoms with Gasteiger partial charge in [0.1, 0.15) is 0 Å². The summed E-state index contributed by atoms with van der Waals surface area (Å²) < 4.78 is 40.6. The molecular weight excluding hydrogens is 227 g/mol. The van der Waals surface area contributed by atoms with Gasteiger partial charge in [-0.15, -0.1) is 0 Å². The lowest BCUT2D eigenvalue weighted by Gasteiger charge is -2.15. The molecule has 6 heteroatoms. The van der Waals surface area contributed by atoms with Crippen LogP contribution >= 0.6 is 11.3 Å². The Bertz CT molecular complexity index is 273. The van der Waals surface area contributed by atoms with E-state index < -0.39 is 18.7 Å². The molecule has 1 aromatic rings.